The molecule has 1 aliphatic rings. The monoisotopic (exact) mass is 217 g/mol. The van der Waals surface area contributed by atoms with Crippen molar-refractivity contribution in [2.75, 3.05) is 5.32 Å². The van der Waals surface area contributed by atoms with Gasteiger partial charge >= 0.3 is 0 Å². The molecule has 0 bridgehead atoms. The maximum atomic E-state index is 3.71. The quantitative estimate of drug-likeness (QED) is 0.796. The zero-order chi connectivity index (χ0) is 11.5. The molecule has 1 saturated carbocycles. The molecule has 0 aromatic heterocycles. The molecule has 0 amide bonds. The highest BCUT2D eigenvalue weighted by Crippen LogP contribution is 2.31. The van der Waals surface area contributed by atoms with Crippen molar-refractivity contribution in [1.29, 1.82) is 0 Å². The Bertz CT molecular complexity index is 356. The fourth-order valence-corrected chi connectivity index (χ4v) is 2.70. The van der Waals surface area contributed by atoms with Crippen LogP contribution in [0.5, 0.6) is 0 Å². The molecular formula is C15H23N. The lowest BCUT2D eigenvalue weighted by Gasteiger charge is -2.17. The van der Waals surface area contributed by atoms with Gasteiger partial charge in [-0.05, 0) is 56.2 Å². The molecule has 0 spiro atoms. The van der Waals surface area contributed by atoms with Crippen molar-refractivity contribution in [3.63, 3.8) is 0 Å². The highest BCUT2D eigenvalue weighted by molar-refractivity contribution is 5.54. The van der Waals surface area contributed by atoms with Gasteiger partial charge in [-0.1, -0.05) is 25.5 Å². The van der Waals surface area contributed by atoms with E-state index >= 15 is 0 Å². The van der Waals surface area contributed by atoms with Crippen molar-refractivity contribution in [1.82, 2.24) is 0 Å². The zero-order valence-corrected chi connectivity index (χ0v) is 10.7. The maximum Gasteiger partial charge on any atom is 0.0374 e. The fourth-order valence-electron chi connectivity index (χ4n) is 2.70. The number of nitrogens with one attached hydrogen (secondary N) is 1. The van der Waals surface area contributed by atoms with Crippen molar-refractivity contribution in [2.24, 2.45) is 5.92 Å². The predicted octanol–water partition coefficient (Wildman–Crippen LogP) is 4.29. The molecule has 1 nitrogen and oxygen atoms in total. The van der Waals surface area contributed by atoms with Crippen molar-refractivity contribution in [3.8, 4) is 0 Å². The Kier molecular flexibility index (Phi) is 3.52. The summed E-state index contributed by atoms with van der Waals surface area (Å²) in [5.74, 6) is 0.947. The molecule has 1 N–H and O–H groups in total. The van der Waals surface area contributed by atoms with Crippen molar-refractivity contribution in [3.05, 3.63) is 29.3 Å². The van der Waals surface area contributed by atoms with Crippen LogP contribution in [0, 0.1) is 19.8 Å². The summed E-state index contributed by atoms with van der Waals surface area (Å²) in [6.07, 6.45) is 5.43. The number of benzene rings is 1. The molecule has 2 atom stereocenters. The molecular weight excluding hydrogens is 194 g/mol. The van der Waals surface area contributed by atoms with Crippen LogP contribution < -0.4 is 5.32 Å². The Balaban J connectivity index is 2.02. The minimum atomic E-state index is 0.699. The first-order valence-electron chi connectivity index (χ1n) is 6.53. The Labute approximate surface area is 99.3 Å². The third-order valence-electron chi connectivity index (χ3n) is 4.08. The van der Waals surface area contributed by atoms with Gasteiger partial charge in [-0.25, -0.2) is 0 Å². The zero-order valence-electron chi connectivity index (χ0n) is 10.7. The molecule has 16 heavy (non-hydrogen) atoms. The van der Waals surface area contributed by atoms with Crippen LogP contribution in [0.15, 0.2) is 18.2 Å². The van der Waals surface area contributed by atoms with E-state index in [4.69, 9.17) is 0 Å². The van der Waals surface area contributed by atoms with Crippen LogP contribution in [0.1, 0.15) is 43.7 Å². The fraction of sp³-hybridized carbons (Fsp3) is 0.600. The smallest absolute Gasteiger partial charge is 0.0374 e. The molecule has 1 aliphatic carbocycles. The minimum Gasteiger partial charge on any atom is -0.382 e. The average Bonchev–Trinajstić information content (AvgIpc) is 2.73. The maximum absolute atomic E-state index is 3.71. The summed E-state index contributed by atoms with van der Waals surface area (Å²) in [6, 6.07) is 7.24. The SMILES string of the molecule is CCC1CCC(Nc2cccc(C)c2C)C1. The summed E-state index contributed by atoms with van der Waals surface area (Å²) in [4.78, 5) is 0. The van der Waals surface area contributed by atoms with Gasteiger partial charge in [-0.15, -0.1) is 0 Å². The van der Waals surface area contributed by atoms with Gasteiger partial charge in [-0.2, -0.15) is 0 Å². The van der Waals surface area contributed by atoms with Gasteiger partial charge in [0.2, 0.25) is 0 Å². The highest BCUT2D eigenvalue weighted by atomic mass is 14.9. The van der Waals surface area contributed by atoms with Crippen LogP contribution in [0.2, 0.25) is 0 Å². The second-order valence-corrected chi connectivity index (χ2v) is 5.18. The lowest BCUT2D eigenvalue weighted by Crippen LogP contribution is -2.16. The van der Waals surface area contributed by atoms with Gasteiger partial charge in [0.05, 0.1) is 0 Å². The van der Waals surface area contributed by atoms with Gasteiger partial charge in [0.15, 0.2) is 0 Å². The van der Waals surface area contributed by atoms with Crippen LogP contribution in [-0.2, 0) is 0 Å². The normalized spacial score (nSPS) is 24.7. The Hall–Kier alpha value is -0.980. The van der Waals surface area contributed by atoms with E-state index in [-0.39, 0.29) is 0 Å². The van der Waals surface area contributed by atoms with Crippen LogP contribution in [-0.4, -0.2) is 6.04 Å². The predicted molar refractivity (Wildman–Crippen MR) is 71.0 cm³/mol. The highest BCUT2D eigenvalue weighted by Gasteiger charge is 2.23. The average molecular weight is 217 g/mol. The van der Waals surface area contributed by atoms with E-state index in [0.29, 0.717) is 6.04 Å². The van der Waals surface area contributed by atoms with Crippen molar-refractivity contribution >= 4 is 5.69 Å². The van der Waals surface area contributed by atoms with Crippen LogP contribution in [0.3, 0.4) is 0 Å². The van der Waals surface area contributed by atoms with E-state index in [1.165, 1.54) is 42.5 Å². The first-order chi connectivity index (χ1) is 7.70. The number of anilines is 1. The summed E-state index contributed by atoms with van der Waals surface area (Å²) in [6.45, 7) is 6.71. The largest absolute Gasteiger partial charge is 0.382 e. The standard InChI is InChI=1S/C15H23N/c1-4-13-8-9-14(10-13)16-15-7-5-6-11(2)12(15)3/h5-7,13-14,16H,4,8-10H2,1-3H3. The molecule has 88 valence electrons. The van der Waals surface area contributed by atoms with Crippen LogP contribution >= 0.6 is 0 Å². The van der Waals surface area contributed by atoms with Crippen molar-refractivity contribution < 1.29 is 0 Å². The van der Waals surface area contributed by atoms with E-state index in [2.05, 4.69) is 44.3 Å². The van der Waals surface area contributed by atoms with E-state index in [1.807, 2.05) is 0 Å². The summed E-state index contributed by atoms with van der Waals surface area (Å²) in [7, 11) is 0. The number of hydrogen-bond donors (Lipinski definition) is 1. The molecule has 1 aromatic carbocycles. The Morgan fingerprint density at radius 1 is 1.25 bits per heavy atom. The molecule has 1 heteroatoms. The minimum absolute atomic E-state index is 0.699. The second-order valence-electron chi connectivity index (χ2n) is 5.18. The lowest BCUT2D eigenvalue weighted by molar-refractivity contribution is 0.525. The summed E-state index contributed by atoms with van der Waals surface area (Å²) < 4.78 is 0. The van der Waals surface area contributed by atoms with Crippen LogP contribution in [0.4, 0.5) is 5.69 Å². The first-order valence-corrected chi connectivity index (χ1v) is 6.53. The number of hydrogen-bond acceptors (Lipinski definition) is 1. The van der Waals surface area contributed by atoms with Gasteiger partial charge in [0.25, 0.3) is 0 Å². The van der Waals surface area contributed by atoms with Gasteiger partial charge in [-0.3, -0.25) is 0 Å². The summed E-state index contributed by atoms with van der Waals surface area (Å²) in [5.41, 5.74) is 4.12. The van der Waals surface area contributed by atoms with Gasteiger partial charge in [0.1, 0.15) is 0 Å². The molecule has 0 aliphatic heterocycles. The molecule has 0 radical (unpaired) electrons. The first kappa shape index (κ1) is 11.5. The summed E-state index contributed by atoms with van der Waals surface area (Å²) >= 11 is 0. The van der Waals surface area contributed by atoms with E-state index in [9.17, 15) is 0 Å². The van der Waals surface area contributed by atoms with E-state index < -0.39 is 0 Å². The summed E-state index contributed by atoms with van der Waals surface area (Å²) in [5, 5.41) is 3.71. The molecule has 2 rings (SSSR count). The van der Waals surface area contributed by atoms with Gasteiger partial charge < -0.3 is 5.32 Å². The van der Waals surface area contributed by atoms with E-state index in [1.54, 1.807) is 0 Å². The topological polar surface area (TPSA) is 12.0 Å². The molecule has 1 fully saturated rings. The number of rotatable bonds is 3. The third-order valence-corrected chi connectivity index (χ3v) is 4.08. The molecule has 2 unspecified atom stereocenters. The van der Waals surface area contributed by atoms with Crippen molar-refractivity contribution in [2.45, 2.75) is 52.5 Å². The third kappa shape index (κ3) is 2.40. The number of aryl methyl sites for hydroxylation is 1. The van der Waals surface area contributed by atoms with E-state index in [0.717, 1.165) is 5.92 Å². The molecule has 0 heterocycles. The van der Waals surface area contributed by atoms with Crippen LogP contribution in [0.25, 0.3) is 0 Å². The second kappa shape index (κ2) is 4.90. The molecule has 1 aromatic rings. The Morgan fingerprint density at radius 2 is 2.06 bits per heavy atom. The van der Waals surface area contributed by atoms with Gasteiger partial charge in [0, 0.05) is 11.7 Å². The lowest BCUT2D eigenvalue weighted by atomic mass is 10.0. The molecule has 0 saturated heterocycles. The Morgan fingerprint density at radius 3 is 2.75 bits per heavy atom.